The monoisotopic (exact) mass is 280 g/mol. The molecule has 0 radical (unpaired) electrons. The van der Waals surface area contributed by atoms with E-state index in [4.69, 9.17) is 17.3 Å². The van der Waals surface area contributed by atoms with Crippen molar-refractivity contribution in [3.8, 4) is 0 Å². The molecule has 0 aliphatic carbocycles. The number of tetrazole rings is 1. The van der Waals surface area contributed by atoms with Gasteiger partial charge < -0.3 is 5.73 Å². The van der Waals surface area contributed by atoms with E-state index in [0.717, 1.165) is 6.42 Å². The van der Waals surface area contributed by atoms with Gasteiger partial charge in [-0.15, -0.1) is 0 Å². The lowest BCUT2D eigenvalue weighted by molar-refractivity contribution is 0.102. The van der Waals surface area contributed by atoms with E-state index in [2.05, 4.69) is 20.8 Å². The van der Waals surface area contributed by atoms with Crippen LogP contribution in [0.15, 0.2) is 18.2 Å². The topological polar surface area (TPSA) is 98.7 Å². The van der Waals surface area contributed by atoms with E-state index in [1.807, 2.05) is 6.92 Å². The lowest BCUT2D eigenvalue weighted by atomic mass is 10.1. The van der Waals surface area contributed by atoms with E-state index < -0.39 is 5.91 Å². The zero-order valence-corrected chi connectivity index (χ0v) is 11.1. The van der Waals surface area contributed by atoms with E-state index in [0.29, 0.717) is 17.1 Å². The van der Waals surface area contributed by atoms with Crippen LogP contribution < -0.4 is 11.1 Å². The van der Waals surface area contributed by atoms with Gasteiger partial charge >= 0.3 is 0 Å². The Bertz CT molecular complexity index is 597. The second-order valence-electron chi connectivity index (χ2n) is 3.88. The van der Waals surface area contributed by atoms with Gasteiger partial charge in [-0.05, 0) is 29.0 Å². The van der Waals surface area contributed by atoms with Gasteiger partial charge in [0.05, 0.1) is 16.3 Å². The summed E-state index contributed by atoms with van der Waals surface area (Å²) in [4.78, 5) is 12.1. The molecule has 1 aromatic carbocycles. The summed E-state index contributed by atoms with van der Waals surface area (Å²) in [6.45, 7) is 2.61. The summed E-state index contributed by atoms with van der Waals surface area (Å²) in [6, 6.07) is 4.86. The number of hydrogen-bond donors (Lipinski definition) is 2. The average molecular weight is 281 g/mol. The quantitative estimate of drug-likeness (QED) is 0.828. The van der Waals surface area contributed by atoms with Crippen molar-refractivity contribution in [2.24, 2.45) is 0 Å². The highest BCUT2D eigenvalue weighted by atomic mass is 35.5. The average Bonchev–Trinajstić information content (AvgIpc) is 2.80. The van der Waals surface area contributed by atoms with E-state index in [-0.39, 0.29) is 11.6 Å². The fourth-order valence-corrected chi connectivity index (χ4v) is 1.74. The highest BCUT2D eigenvalue weighted by Gasteiger charge is 2.15. The number of aryl methyl sites for hydroxylation is 1. The van der Waals surface area contributed by atoms with Crippen molar-refractivity contribution in [3.63, 3.8) is 0 Å². The van der Waals surface area contributed by atoms with Crippen molar-refractivity contribution < 1.29 is 4.79 Å². The summed E-state index contributed by atoms with van der Waals surface area (Å²) in [5, 5.41) is 14.0. The van der Waals surface area contributed by atoms with Crippen LogP contribution in [-0.4, -0.2) is 26.1 Å². The van der Waals surface area contributed by atoms with Crippen LogP contribution in [0.1, 0.15) is 23.7 Å². The zero-order chi connectivity index (χ0) is 13.8. The Kier molecular flexibility index (Phi) is 3.96. The van der Waals surface area contributed by atoms with Gasteiger partial charge in [0.15, 0.2) is 0 Å². The van der Waals surface area contributed by atoms with Crippen molar-refractivity contribution in [3.05, 3.63) is 28.8 Å². The smallest absolute Gasteiger partial charge is 0.260 e. The number of benzene rings is 1. The number of nitrogens with zero attached hydrogens (tertiary/aromatic N) is 4. The van der Waals surface area contributed by atoms with Crippen molar-refractivity contribution in [1.82, 2.24) is 20.2 Å². The molecule has 2 rings (SSSR count). The van der Waals surface area contributed by atoms with Crippen LogP contribution in [0.4, 0.5) is 11.6 Å². The number of carbonyl (C=O) groups excluding carboxylic acids is 1. The highest BCUT2D eigenvalue weighted by molar-refractivity contribution is 6.34. The van der Waals surface area contributed by atoms with Crippen LogP contribution in [0.25, 0.3) is 0 Å². The van der Waals surface area contributed by atoms with Gasteiger partial charge in [0.1, 0.15) is 0 Å². The van der Waals surface area contributed by atoms with Crippen molar-refractivity contribution in [2.75, 3.05) is 11.1 Å². The largest absolute Gasteiger partial charge is 0.397 e. The van der Waals surface area contributed by atoms with Crippen LogP contribution in [0.3, 0.4) is 0 Å². The van der Waals surface area contributed by atoms with E-state index in [9.17, 15) is 4.79 Å². The Morgan fingerprint density at radius 3 is 3.05 bits per heavy atom. The third-order valence-corrected chi connectivity index (χ3v) is 2.82. The molecule has 1 heterocycles. The van der Waals surface area contributed by atoms with Gasteiger partial charge in [-0.1, -0.05) is 29.7 Å². The molecule has 100 valence electrons. The molecule has 19 heavy (non-hydrogen) atoms. The first kappa shape index (κ1) is 13.3. The van der Waals surface area contributed by atoms with Gasteiger partial charge in [-0.3, -0.25) is 10.1 Å². The molecular formula is C11H13ClN6O. The summed E-state index contributed by atoms with van der Waals surface area (Å²) in [5.41, 5.74) is 6.28. The minimum absolute atomic E-state index is 0.233. The number of aromatic nitrogens is 4. The molecule has 7 nitrogen and oxygen atoms in total. The number of nitrogens with two attached hydrogens (primary N) is 1. The first-order valence-electron chi connectivity index (χ1n) is 5.75. The number of nitrogen functional groups attached to an aromatic ring is 1. The summed E-state index contributed by atoms with van der Waals surface area (Å²) in [7, 11) is 0. The Morgan fingerprint density at radius 2 is 2.32 bits per heavy atom. The highest BCUT2D eigenvalue weighted by Crippen LogP contribution is 2.22. The third kappa shape index (κ3) is 2.82. The Hall–Kier alpha value is -2.15. The first-order valence-corrected chi connectivity index (χ1v) is 6.12. The minimum Gasteiger partial charge on any atom is -0.397 e. The first-order chi connectivity index (χ1) is 9.13. The van der Waals surface area contributed by atoms with E-state index in [1.165, 1.54) is 4.68 Å². The zero-order valence-electron chi connectivity index (χ0n) is 10.3. The predicted molar refractivity (Wildman–Crippen MR) is 71.9 cm³/mol. The van der Waals surface area contributed by atoms with Gasteiger partial charge in [0.2, 0.25) is 5.95 Å². The molecule has 2 aromatic rings. The van der Waals surface area contributed by atoms with Crippen LogP contribution >= 0.6 is 11.6 Å². The molecule has 0 spiro atoms. The van der Waals surface area contributed by atoms with Crippen LogP contribution in [0, 0.1) is 0 Å². The molecule has 0 unspecified atom stereocenters. The van der Waals surface area contributed by atoms with Crippen LogP contribution in [0.2, 0.25) is 5.02 Å². The molecule has 1 amide bonds. The number of halogens is 1. The Morgan fingerprint density at radius 1 is 1.53 bits per heavy atom. The maximum absolute atomic E-state index is 12.1. The molecule has 0 saturated carbocycles. The second-order valence-corrected chi connectivity index (χ2v) is 4.29. The number of para-hydroxylation sites is 1. The standard InChI is InChI=1S/C11H13ClN6O/c1-2-6-18-11(15-16-17-18)14-10(19)7-4-3-5-8(12)9(7)13/h3-5H,2,6,13H2,1H3,(H,14,15,17,19). The van der Waals surface area contributed by atoms with Gasteiger partial charge in [0.25, 0.3) is 5.91 Å². The van der Waals surface area contributed by atoms with Gasteiger partial charge in [-0.2, -0.15) is 0 Å². The lowest BCUT2D eigenvalue weighted by Crippen LogP contribution is -2.18. The summed E-state index contributed by atoms with van der Waals surface area (Å²) in [6.07, 6.45) is 0.854. The van der Waals surface area contributed by atoms with Gasteiger partial charge in [0, 0.05) is 6.54 Å². The van der Waals surface area contributed by atoms with Crippen LogP contribution in [0.5, 0.6) is 0 Å². The fraction of sp³-hybridized carbons (Fsp3) is 0.273. The molecule has 0 bridgehead atoms. The molecule has 0 atom stereocenters. The number of rotatable bonds is 4. The molecule has 0 aliphatic rings. The molecule has 0 fully saturated rings. The Labute approximate surface area is 114 Å². The maximum Gasteiger partial charge on any atom is 0.260 e. The fourth-order valence-electron chi connectivity index (χ4n) is 1.56. The van der Waals surface area contributed by atoms with Gasteiger partial charge in [-0.25, -0.2) is 4.68 Å². The number of carbonyl (C=O) groups is 1. The number of hydrogen-bond acceptors (Lipinski definition) is 5. The van der Waals surface area contributed by atoms with E-state index in [1.54, 1.807) is 18.2 Å². The Balaban J connectivity index is 2.21. The minimum atomic E-state index is -0.396. The molecule has 0 aliphatic heterocycles. The number of nitrogens with one attached hydrogen (secondary N) is 1. The SMILES string of the molecule is CCCn1nnnc1NC(=O)c1cccc(Cl)c1N. The lowest BCUT2D eigenvalue weighted by Gasteiger charge is -2.08. The molecule has 8 heteroatoms. The van der Waals surface area contributed by atoms with Crippen molar-refractivity contribution in [1.29, 1.82) is 0 Å². The van der Waals surface area contributed by atoms with E-state index >= 15 is 0 Å². The normalized spacial score (nSPS) is 10.4. The van der Waals surface area contributed by atoms with Crippen LogP contribution in [-0.2, 0) is 6.54 Å². The third-order valence-electron chi connectivity index (χ3n) is 2.49. The molecule has 1 aromatic heterocycles. The molecule has 3 N–H and O–H groups in total. The number of anilines is 2. The van der Waals surface area contributed by atoms with Crippen molar-refractivity contribution in [2.45, 2.75) is 19.9 Å². The summed E-state index contributed by atoms with van der Waals surface area (Å²) >= 11 is 5.87. The molecule has 0 saturated heterocycles. The summed E-state index contributed by atoms with van der Waals surface area (Å²) in [5.74, 6) is -0.113. The summed E-state index contributed by atoms with van der Waals surface area (Å²) < 4.78 is 1.51. The second kappa shape index (κ2) is 5.66. The molecular weight excluding hydrogens is 268 g/mol. The maximum atomic E-state index is 12.1. The number of amides is 1. The predicted octanol–water partition coefficient (Wildman–Crippen LogP) is 1.57. The van der Waals surface area contributed by atoms with Crippen molar-refractivity contribution >= 4 is 29.1 Å².